The molecule has 0 saturated carbocycles. The molecule has 1 fully saturated rings. The molecule has 1 amide bonds. The maximum Gasteiger partial charge on any atom is 0.265 e. The topological polar surface area (TPSA) is 80.4 Å². The van der Waals surface area contributed by atoms with Gasteiger partial charge in [0.25, 0.3) is 11.5 Å². The van der Waals surface area contributed by atoms with Crippen molar-refractivity contribution in [2.24, 2.45) is 13.0 Å². The standard InChI is InChI=1S/C18H26N4O3/c1-12-5-9-22(10-6-12)8-4-7-19-16(23)14-13(2)25-17-15(14)18(24)21(3)11-20-17/h11-12H,4-10H2,1-3H3,(H,19,23). The second-order valence-electron chi connectivity index (χ2n) is 7.01. The van der Waals surface area contributed by atoms with E-state index in [0.717, 1.165) is 32.0 Å². The van der Waals surface area contributed by atoms with Gasteiger partial charge in [-0.25, -0.2) is 4.98 Å². The lowest BCUT2D eigenvalue weighted by Crippen LogP contribution is -2.35. The molecule has 0 spiro atoms. The number of fused-ring (bicyclic) bond motifs is 1. The average Bonchev–Trinajstić information content (AvgIpc) is 2.93. The van der Waals surface area contributed by atoms with Crippen molar-refractivity contribution in [2.45, 2.75) is 33.1 Å². The van der Waals surface area contributed by atoms with E-state index in [1.54, 1.807) is 14.0 Å². The summed E-state index contributed by atoms with van der Waals surface area (Å²) in [5.41, 5.74) is 0.248. The SMILES string of the molecule is Cc1oc2ncn(C)c(=O)c2c1C(=O)NCCCN1CCC(C)CC1. The lowest BCUT2D eigenvalue weighted by molar-refractivity contribution is 0.0950. The first-order chi connectivity index (χ1) is 12.0. The van der Waals surface area contributed by atoms with E-state index in [4.69, 9.17) is 4.42 Å². The second kappa shape index (κ2) is 7.39. The van der Waals surface area contributed by atoms with Crippen molar-refractivity contribution in [1.29, 1.82) is 0 Å². The van der Waals surface area contributed by atoms with Crippen LogP contribution < -0.4 is 10.9 Å². The van der Waals surface area contributed by atoms with Crippen LogP contribution in [0.25, 0.3) is 11.1 Å². The van der Waals surface area contributed by atoms with Crippen LogP contribution in [0.3, 0.4) is 0 Å². The van der Waals surface area contributed by atoms with Crippen molar-refractivity contribution in [2.75, 3.05) is 26.2 Å². The third-order valence-corrected chi connectivity index (χ3v) is 4.99. The number of likely N-dealkylation sites (tertiary alicyclic amines) is 1. The molecule has 1 aliphatic heterocycles. The number of aryl methyl sites for hydroxylation is 2. The number of hydrogen-bond donors (Lipinski definition) is 1. The summed E-state index contributed by atoms with van der Waals surface area (Å²) in [6.45, 7) is 7.84. The lowest BCUT2D eigenvalue weighted by Gasteiger charge is -2.30. The van der Waals surface area contributed by atoms with E-state index >= 15 is 0 Å². The highest BCUT2D eigenvalue weighted by Gasteiger charge is 2.22. The first-order valence-electron chi connectivity index (χ1n) is 8.92. The number of rotatable bonds is 5. The van der Waals surface area contributed by atoms with Crippen LogP contribution in [-0.4, -0.2) is 46.5 Å². The Morgan fingerprint density at radius 1 is 1.40 bits per heavy atom. The molecule has 25 heavy (non-hydrogen) atoms. The molecule has 0 aromatic carbocycles. The molecule has 2 aromatic rings. The Morgan fingerprint density at radius 2 is 2.12 bits per heavy atom. The maximum atomic E-state index is 12.5. The molecule has 1 aliphatic rings. The van der Waals surface area contributed by atoms with Gasteiger partial charge in [0.1, 0.15) is 17.5 Å². The normalized spacial score (nSPS) is 16.4. The van der Waals surface area contributed by atoms with Crippen molar-refractivity contribution >= 4 is 17.0 Å². The van der Waals surface area contributed by atoms with E-state index in [2.05, 4.69) is 22.1 Å². The first-order valence-corrected chi connectivity index (χ1v) is 8.92. The van der Waals surface area contributed by atoms with Crippen molar-refractivity contribution in [1.82, 2.24) is 19.8 Å². The molecular weight excluding hydrogens is 320 g/mol. The highest BCUT2D eigenvalue weighted by Crippen LogP contribution is 2.20. The van der Waals surface area contributed by atoms with Gasteiger partial charge in [-0.3, -0.25) is 9.59 Å². The fourth-order valence-corrected chi connectivity index (χ4v) is 3.34. The van der Waals surface area contributed by atoms with Crippen molar-refractivity contribution < 1.29 is 9.21 Å². The summed E-state index contributed by atoms with van der Waals surface area (Å²) in [6, 6.07) is 0. The Balaban J connectivity index is 1.60. The molecule has 7 heteroatoms. The third-order valence-electron chi connectivity index (χ3n) is 4.99. The highest BCUT2D eigenvalue weighted by molar-refractivity contribution is 6.06. The van der Waals surface area contributed by atoms with Gasteiger partial charge in [-0.15, -0.1) is 0 Å². The molecule has 1 saturated heterocycles. The quantitative estimate of drug-likeness (QED) is 0.833. The Morgan fingerprint density at radius 3 is 2.84 bits per heavy atom. The number of carbonyl (C=O) groups excluding carboxylic acids is 1. The number of hydrogen-bond acceptors (Lipinski definition) is 5. The molecule has 0 radical (unpaired) electrons. The zero-order chi connectivity index (χ0) is 18.0. The molecule has 136 valence electrons. The van der Waals surface area contributed by atoms with E-state index in [-0.39, 0.29) is 22.6 Å². The van der Waals surface area contributed by atoms with Gasteiger partial charge in [-0.2, -0.15) is 0 Å². The van der Waals surface area contributed by atoms with E-state index < -0.39 is 0 Å². The van der Waals surface area contributed by atoms with Crippen molar-refractivity contribution in [3.8, 4) is 0 Å². The summed E-state index contributed by atoms with van der Waals surface area (Å²) in [7, 11) is 1.61. The van der Waals surface area contributed by atoms with Gasteiger partial charge in [-0.1, -0.05) is 6.92 Å². The fraction of sp³-hybridized carbons (Fsp3) is 0.611. The zero-order valence-electron chi connectivity index (χ0n) is 15.2. The minimum absolute atomic E-state index is 0.216. The number of nitrogens with one attached hydrogen (secondary N) is 1. The minimum atomic E-state index is -0.270. The number of carbonyl (C=O) groups is 1. The van der Waals surface area contributed by atoms with Gasteiger partial charge >= 0.3 is 0 Å². The Kier molecular flexibility index (Phi) is 5.22. The van der Waals surface area contributed by atoms with Crippen LogP contribution in [0.15, 0.2) is 15.5 Å². The Bertz CT molecular complexity index is 816. The molecule has 7 nitrogen and oxygen atoms in total. The maximum absolute atomic E-state index is 12.5. The van der Waals surface area contributed by atoms with Crippen molar-refractivity contribution in [3.05, 3.63) is 28.0 Å². The van der Waals surface area contributed by atoms with Gasteiger partial charge in [0, 0.05) is 13.6 Å². The van der Waals surface area contributed by atoms with Crippen LogP contribution in [0.5, 0.6) is 0 Å². The summed E-state index contributed by atoms with van der Waals surface area (Å²) in [5, 5.41) is 3.17. The van der Waals surface area contributed by atoms with Crippen LogP contribution in [0, 0.1) is 12.8 Å². The van der Waals surface area contributed by atoms with Crippen molar-refractivity contribution in [3.63, 3.8) is 0 Å². The highest BCUT2D eigenvalue weighted by atomic mass is 16.3. The van der Waals surface area contributed by atoms with Gasteiger partial charge in [-0.05, 0) is 51.7 Å². The van der Waals surface area contributed by atoms with Crippen LogP contribution >= 0.6 is 0 Å². The van der Waals surface area contributed by atoms with Crippen LogP contribution in [0.2, 0.25) is 0 Å². The molecule has 0 bridgehead atoms. The molecule has 0 unspecified atom stereocenters. The fourth-order valence-electron chi connectivity index (χ4n) is 3.34. The largest absolute Gasteiger partial charge is 0.442 e. The summed E-state index contributed by atoms with van der Waals surface area (Å²) in [6.07, 6.45) is 4.80. The van der Waals surface area contributed by atoms with Gasteiger partial charge in [0.05, 0.1) is 5.56 Å². The molecular formula is C18H26N4O3. The monoisotopic (exact) mass is 346 g/mol. The molecule has 3 heterocycles. The number of aromatic nitrogens is 2. The first kappa shape index (κ1) is 17.7. The predicted molar refractivity (Wildman–Crippen MR) is 95.8 cm³/mol. The molecule has 2 aromatic heterocycles. The van der Waals surface area contributed by atoms with Crippen LogP contribution in [-0.2, 0) is 7.05 Å². The smallest absolute Gasteiger partial charge is 0.265 e. The molecule has 0 aliphatic carbocycles. The molecule has 0 atom stereocenters. The minimum Gasteiger partial charge on any atom is -0.442 e. The number of nitrogens with zero attached hydrogens (tertiary/aromatic N) is 3. The zero-order valence-corrected chi connectivity index (χ0v) is 15.2. The van der Waals surface area contributed by atoms with E-state index in [9.17, 15) is 9.59 Å². The van der Waals surface area contributed by atoms with E-state index in [0.29, 0.717) is 17.9 Å². The average molecular weight is 346 g/mol. The summed E-state index contributed by atoms with van der Waals surface area (Å²) >= 11 is 0. The summed E-state index contributed by atoms with van der Waals surface area (Å²) in [4.78, 5) is 31.4. The molecule has 1 N–H and O–H groups in total. The summed E-state index contributed by atoms with van der Waals surface area (Å²) < 4.78 is 6.83. The predicted octanol–water partition coefficient (Wildman–Crippen LogP) is 1.69. The van der Waals surface area contributed by atoms with Gasteiger partial charge < -0.3 is 19.2 Å². The third kappa shape index (κ3) is 3.76. The lowest BCUT2D eigenvalue weighted by atomic mass is 9.99. The number of furan rings is 1. The number of amides is 1. The van der Waals surface area contributed by atoms with Crippen LogP contribution in [0.1, 0.15) is 42.3 Å². The van der Waals surface area contributed by atoms with E-state index in [1.165, 1.54) is 23.7 Å². The van der Waals surface area contributed by atoms with Gasteiger partial charge in [0.2, 0.25) is 5.71 Å². The summed E-state index contributed by atoms with van der Waals surface area (Å²) in [5.74, 6) is 0.978. The Labute approximate surface area is 147 Å². The van der Waals surface area contributed by atoms with E-state index in [1.807, 2.05) is 0 Å². The van der Waals surface area contributed by atoms with Crippen LogP contribution in [0.4, 0.5) is 0 Å². The Hall–Kier alpha value is -2.15. The van der Waals surface area contributed by atoms with Gasteiger partial charge in [0.15, 0.2) is 0 Å². The number of piperidine rings is 1. The molecule has 3 rings (SSSR count). The second-order valence-corrected chi connectivity index (χ2v) is 7.01.